The van der Waals surface area contributed by atoms with Crippen LogP contribution < -0.4 is 0 Å². The number of rotatable bonds is 5. The number of hydrogen-bond donors (Lipinski definition) is 1. The maximum Gasteiger partial charge on any atom is 0.159 e. The van der Waals surface area contributed by atoms with Gasteiger partial charge in [0, 0.05) is 11.3 Å². The number of carbonyl (C=O) groups excluding carboxylic acids is 1. The lowest BCUT2D eigenvalue weighted by molar-refractivity contribution is -0.137. The van der Waals surface area contributed by atoms with Crippen LogP contribution in [0.2, 0.25) is 0 Å². The van der Waals surface area contributed by atoms with E-state index in [1.165, 1.54) is 50.5 Å². The molecular weight excluding hydrogens is 380 g/mol. The average molecular weight is 429 g/mol. The van der Waals surface area contributed by atoms with E-state index in [2.05, 4.69) is 48.5 Å². The van der Waals surface area contributed by atoms with Crippen molar-refractivity contribution in [2.75, 3.05) is 0 Å². The van der Waals surface area contributed by atoms with Crippen LogP contribution >= 0.6 is 0 Å². The fraction of sp³-hybridized carbons (Fsp3) is 0.897. The highest BCUT2D eigenvalue weighted by molar-refractivity contribution is 5.95. The second-order valence-electron chi connectivity index (χ2n) is 13.4. The lowest BCUT2D eigenvalue weighted by Crippen LogP contribution is -2.57. The van der Waals surface area contributed by atoms with Crippen LogP contribution in [0.4, 0.5) is 0 Å². The maximum absolute atomic E-state index is 13.7. The molecule has 4 aliphatic carbocycles. The molecule has 0 amide bonds. The number of fused-ring (bicyclic) bond motifs is 5. The Morgan fingerprint density at radius 2 is 1.68 bits per heavy atom. The van der Waals surface area contributed by atoms with Gasteiger partial charge in [0.15, 0.2) is 5.78 Å². The average Bonchev–Trinajstić information content (AvgIpc) is 3.04. The highest BCUT2D eigenvalue weighted by Gasteiger charge is 2.63. The lowest BCUT2D eigenvalue weighted by Gasteiger charge is -2.60. The molecule has 0 aromatic carbocycles. The zero-order chi connectivity index (χ0) is 22.8. The monoisotopic (exact) mass is 428 g/mol. The molecule has 0 radical (unpaired) electrons. The lowest BCUT2D eigenvalue weighted by atomic mass is 9.44. The van der Waals surface area contributed by atoms with E-state index in [-0.39, 0.29) is 22.9 Å². The minimum absolute atomic E-state index is 0.0869. The molecule has 0 unspecified atom stereocenters. The van der Waals surface area contributed by atoms with Crippen LogP contribution in [0, 0.1) is 51.8 Å². The minimum Gasteiger partial charge on any atom is -0.392 e. The number of allylic oxidation sites excluding steroid dienone is 1. The molecule has 4 aliphatic rings. The second-order valence-corrected chi connectivity index (χ2v) is 13.4. The SMILES string of the molecule is CC(C)CCC[C@@H](C)[C@H]1CC[C@H]2[C@@H]3C(=O)C=C4C(C)(C)[C@H](O)CC[C@]4(C)[C@H]3CC[C@]12C. The smallest absolute Gasteiger partial charge is 0.159 e. The van der Waals surface area contributed by atoms with Crippen LogP contribution in [0.25, 0.3) is 0 Å². The quantitative estimate of drug-likeness (QED) is 0.502. The van der Waals surface area contributed by atoms with Crippen molar-refractivity contribution in [2.45, 2.75) is 112 Å². The summed E-state index contributed by atoms with van der Waals surface area (Å²) in [5.74, 6) is 3.99. The first kappa shape index (κ1) is 23.5. The van der Waals surface area contributed by atoms with Crippen LogP contribution in [-0.4, -0.2) is 17.0 Å². The van der Waals surface area contributed by atoms with Gasteiger partial charge in [0.1, 0.15) is 0 Å². The van der Waals surface area contributed by atoms with E-state index in [1.807, 2.05) is 6.08 Å². The van der Waals surface area contributed by atoms with Gasteiger partial charge in [0.2, 0.25) is 0 Å². The van der Waals surface area contributed by atoms with Gasteiger partial charge in [-0.3, -0.25) is 4.79 Å². The summed E-state index contributed by atoms with van der Waals surface area (Å²) in [7, 11) is 0. The molecule has 31 heavy (non-hydrogen) atoms. The van der Waals surface area contributed by atoms with Crippen LogP contribution in [0.15, 0.2) is 11.6 Å². The van der Waals surface area contributed by atoms with Crippen LogP contribution in [0.1, 0.15) is 106 Å². The van der Waals surface area contributed by atoms with E-state index >= 15 is 0 Å². The number of carbonyl (C=O) groups is 1. The molecule has 176 valence electrons. The molecule has 2 heteroatoms. The fourth-order valence-electron chi connectivity index (χ4n) is 9.10. The van der Waals surface area contributed by atoms with E-state index in [1.54, 1.807) is 0 Å². The van der Waals surface area contributed by atoms with Crippen LogP contribution in [0.3, 0.4) is 0 Å². The van der Waals surface area contributed by atoms with Crippen molar-refractivity contribution in [3.05, 3.63) is 11.6 Å². The van der Waals surface area contributed by atoms with Crippen molar-refractivity contribution in [3.63, 3.8) is 0 Å². The first-order valence-electron chi connectivity index (χ1n) is 13.4. The third-order valence-corrected chi connectivity index (χ3v) is 11.0. The zero-order valence-corrected chi connectivity index (χ0v) is 21.3. The molecule has 0 bridgehead atoms. The Morgan fingerprint density at radius 3 is 2.35 bits per heavy atom. The van der Waals surface area contributed by atoms with E-state index in [0.717, 1.165) is 30.6 Å². The van der Waals surface area contributed by atoms with Gasteiger partial charge >= 0.3 is 0 Å². The molecule has 3 fully saturated rings. The van der Waals surface area contributed by atoms with Gasteiger partial charge in [-0.1, -0.05) is 73.3 Å². The molecule has 3 saturated carbocycles. The minimum atomic E-state index is -0.326. The van der Waals surface area contributed by atoms with Crippen molar-refractivity contribution in [1.29, 1.82) is 0 Å². The molecule has 0 aliphatic heterocycles. The third-order valence-electron chi connectivity index (χ3n) is 11.0. The third kappa shape index (κ3) is 3.58. The molecule has 0 aromatic heterocycles. The van der Waals surface area contributed by atoms with Crippen molar-refractivity contribution < 1.29 is 9.90 Å². The molecule has 2 nitrogen and oxygen atoms in total. The number of ketones is 1. The highest BCUT2D eigenvalue weighted by atomic mass is 16.3. The summed E-state index contributed by atoms with van der Waals surface area (Å²) in [5, 5.41) is 10.7. The number of aliphatic hydroxyl groups is 1. The van der Waals surface area contributed by atoms with Crippen molar-refractivity contribution in [2.24, 2.45) is 51.8 Å². The van der Waals surface area contributed by atoms with Gasteiger partial charge < -0.3 is 5.11 Å². The standard InChI is InChI=1S/C29H48O2/c1-18(2)9-8-10-19(3)20-11-12-21-26-22(13-15-28(20,21)6)29(7)16-14-25(31)27(4,5)24(29)17-23(26)30/h17-22,25-26,31H,8-16H2,1-7H3/t19-,20-,21+,22+,25-,26+,28-,29-/m1/s1. The first-order chi connectivity index (χ1) is 14.4. The molecule has 0 heterocycles. The molecule has 0 saturated heterocycles. The van der Waals surface area contributed by atoms with E-state index < -0.39 is 0 Å². The number of aliphatic hydroxyl groups excluding tert-OH is 1. The fourth-order valence-corrected chi connectivity index (χ4v) is 9.10. The topological polar surface area (TPSA) is 37.3 Å². The van der Waals surface area contributed by atoms with Gasteiger partial charge in [0.05, 0.1) is 6.10 Å². The Hall–Kier alpha value is -0.630. The van der Waals surface area contributed by atoms with Crippen LogP contribution in [0.5, 0.6) is 0 Å². The van der Waals surface area contributed by atoms with Crippen LogP contribution in [-0.2, 0) is 4.79 Å². The Kier molecular flexibility index (Phi) is 6.07. The van der Waals surface area contributed by atoms with Gasteiger partial charge in [-0.25, -0.2) is 0 Å². The van der Waals surface area contributed by atoms with Crippen molar-refractivity contribution in [1.82, 2.24) is 0 Å². The van der Waals surface area contributed by atoms with Crippen molar-refractivity contribution in [3.8, 4) is 0 Å². The molecule has 0 spiro atoms. The van der Waals surface area contributed by atoms with Gasteiger partial charge in [-0.05, 0) is 85.0 Å². The normalized spacial score (nSPS) is 45.0. The van der Waals surface area contributed by atoms with E-state index in [0.29, 0.717) is 23.0 Å². The Bertz CT molecular complexity index is 733. The van der Waals surface area contributed by atoms with Crippen molar-refractivity contribution >= 4 is 5.78 Å². The highest BCUT2D eigenvalue weighted by Crippen LogP contribution is 2.68. The molecule has 4 rings (SSSR count). The molecule has 8 atom stereocenters. The largest absolute Gasteiger partial charge is 0.392 e. The number of hydrogen-bond acceptors (Lipinski definition) is 2. The molecule has 0 aromatic rings. The summed E-state index contributed by atoms with van der Waals surface area (Å²) in [4.78, 5) is 13.7. The first-order valence-corrected chi connectivity index (χ1v) is 13.4. The predicted octanol–water partition coefficient (Wildman–Crippen LogP) is 7.20. The summed E-state index contributed by atoms with van der Waals surface area (Å²) in [6, 6.07) is 0. The Morgan fingerprint density at radius 1 is 0.968 bits per heavy atom. The summed E-state index contributed by atoms with van der Waals surface area (Å²) in [6.45, 7) is 16.5. The van der Waals surface area contributed by atoms with Gasteiger partial charge in [0.25, 0.3) is 0 Å². The molecular formula is C29H48O2. The van der Waals surface area contributed by atoms with Gasteiger partial charge in [-0.15, -0.1) is 0 Å². The van der Waals surface area contributed by atoms with E-state index in [4.69, 9.17) is 0 Å². The Balaban J connectivity index is 1.59. The second kappa shape index (κ2) is 8.00. The van der Waals surface area contributed by atoms with Gasteiger partial charge in [-0.2, -0.15) is 0 Å². The maximum atomic E-state index is 13.7. The molecule has 1 N–H and O–H groups in total. The summed E-state index contributed by atoms with van der Waals surface area (Å²) in [5.41, 5.74) is 1.39. The summed E-state index contributed by atoms with van der Waals surface area (Å²) >= 11 is 0. The van der Waals surface area contributed by atoms with E-state index in [9.17, 15) is 9.90 Å². The summed E-state index contributed by atoms with van der Waals surface area (Å²) in [6.07, 6.45) is 12.7. The zero-order valence-electron chi connectivity index (χ0n) is 21.3. The Labute approximate surface area is 191 Å². The predicted molar refractivity (Wildman–Crippen MR) is 129 cm³/mol. The summed E-state index contributed by atoms with van der Waals surface area (Å²) < 4.78 is 0.